The molecule has 2 aromatic carbocycles. The second-order valence-electron chi connectivity index (χ2n) is 10.4. The summed E-state index contributed by atoms with van der Waals surface area (Å²) in [7, 11) is -5.82. The molecular formula is C26H34ClF3NO8PS. The summed E-state index contributed by atoms with van der Waals surface area (Å²) in [6, 6.07) is 7.39. The average Bonchev–Trinajstić information content (AvgIpc) is 2.86. The molecule has 0 saturated heterocycles. The number of sulfone groups is 1. The number of carbonyl (C=O) groups is 1. The highest BCUT2D eigenvalue weighted by molar-refractivity contribution is 7.91. The smallest absolute Gasteiger partial charge is 0.444 e. The molecule has 0 aliphatic heterocycles. The molecule has 2 rings (SSSR count). The lowest BCUT2D eigenvalue weighted by Crippen LogP contribution is -2.51. The lowest BCUT2D eigenvalue weighted by atomic mass is 9.94. The van der Waals surface area contributed by atoms with Crippen molar-refractivity contribution in [2.45, 2.75) is 74.1 Å². The van der Waals surface area contributed by atoms with E-state index < -0.39 is 51.5 Å². The Kier molecular flexibility index (Phi) is 11.5. The van der Waals surface area contributed by atoms with Crippen molar-refractivity contribution >= 4 is 35.4 Å². The number of alkyl halides is 3. The summed E-state index contributed by atoms with van der Waals surface area (Å²) in [5.74, 6) is 0. The van der Waals surface area contributed by atoms with Crippen LogP contribution in [0.25, 0.3) is 0 Å². The first-order valence-corrected chi connectivity index (χ1v) is 15.6. The third kappa shape index (κ3) is 10.3. The van der Waals surface area contributed by atoms with Crippen molar-refractivity contribution in [1.82, 2.24) is 5.32 Å². The first-order valence-electron chi connectivity index (χ1n) is 12.3. The van der Waals surface area contributed by atoms with Gasteiger partial charge in [-0.25, -0.2) is 17.8 Å². The monoisotopic (exact) mass is 643 g/mol. The van der Waals surface area contributed by atoms with E-state index in [1.807, 2.05) is 0 Å². The molecule has 41 heavy (non-hydrogen) atoms. The number of rotatable bonds is 12. The number of benzene rings is 2. The van der Waals surface area contributed by atoms with Gasteiger partial charge >= 0.3 is 20.1 Å². The number of nitrogens with one attached hydrogen (secondary N) is 1. The standard InChI is InChI=1S/C26H34ClF3NO8PS/c1-24(2,3)39-23(32)31-25(4,17-38-40(33,36-5)37-6)14-8-9-18-12-13-21(16-22(18)27)41(34,35)20-11-7-10-19(15-20)26(28,29)30/h7,10-13,15-16H,8-9,14,17H2,1-6H3,(H,31,32). The zero-order valence-electron chi connectivity index (χ0n) is 23.5. The molecule has 0 heterocycles. The number of ether oxygens (including phenoxy) is 1. The highest BCUT2D eigenvalue weighted by Gasteiger charge is 2.34. The van der Waals surface area contributed by atoms with Crippen LogP contribution < -0.4 is 5.32 Å². The van der Waals surface area contributed by atoms with Crippen LogP contribution in [0.1, 0.15) is 51.7 Å². The largest absolute Gasteiger partial charge is 0.474 e. The first kappa shape index (κ1) is 35.0. The molecule has 1 N–H and O–H groups in total. The van der Waals surface area contributed by atoms with E-state index in [2.05, 4.69) is 5.32 Å². The van der Waals surface area contributed by atoms with Crippen LogP contribution in [0.4, 0.5) is 18.0 Å². The van der Waals surface area contributed by atoms with Crippen molar-refractivity contribution in [2.24, 2.45) is 0 Å². The summed E-state index contributed by atoms with van der Waals surface area (Å²) in [6.45, 7) is 6.49. The number of aryl methyl sites for hydroxylation is 1. The minimum atomic E-state index is -4.70. The SMILES string of the molecule is COP(=O)(OC)OCC(C)(CCCc1ccc(S(=O)(=O)c2cccc(C(F)(F)F)c2)cc1Cl)NC(=O)OC(C)(C)C. The van der Waals surface area contributed by atoms with Gasteiger partial charge in [0.15, 0.2) is 0 Å². The van der Waals surface area contributed by atoms with Gasteiger partial charge in [-0.05, 0) is 82.9 Å². The van der Waals surface area contributed by atoms with E-state index in [1.54, 1.807) is 27.7 Å². The molecule has 230 valence electrons. The van der Waals surface area contributed by atoms with Gasteiger partial charge in [-0.15, -0.1) is 0 Å². The number of hydrogen-bond acceptors (Lipinski definition) is 8. The second kappa shape index (κ2) is 13.4. The number of carbonyl (C=O) groups excluding carboxylic acids is 1. The van der Waals surface area contributed by atoms with Gasteiger partial charge in [0, 0.05) is 19.2 Å². The predicted molar refractivity (Wildman–Crippen MR) is 147 cm³/mol. The Labute approximate surface area is 243 Å². The maximum Gasteiger partial charge on any atom is 0.474 e. The summed E-state index contributed by atoms with van der Waals surface area (Å²) in [5, 5.41) is 2.82. The van der Waals surface area contributed by atoms with Gasteiger partial charge in [0.05, 0.1) is 27.5 Å². The Hall–Kier alpha value is -2.15. The van der Waals surface area contributed by atoms with Crippen LogP contribution in [-0.4, -0.2) is 46.5 Å². The second-order valence-corrected chi connectivity index (χ2v) is 14.6. The van der Waals surface area contributed by atoms with Crippen molar-refractivity contribution in [2.75, 3.05) is 20.8 Å². The van der Waals surface area contributed by atoms with Crippen LogP contribution in [0, 0.1) is 0 Å². The maximum absolute atomic E-state index is 13.1. The Morgan fingerprint density at radius 3 is 2.15 bits per heavy atom. The van der Waals surface area contributed by atoms with Crippen molar-refractivity contribution in [3.63, 3.8) is 0 Å². The van der Waals surface area contributed by atoms with Crippen LogP contribution in [0.15, 0.2) is 52.3 Å². The Morgan fingerprint density at radius 2 is 1.61 bits per heavy atom. The molecule has 1 atom stereocenters. The summed E-state index contributed by atoms with van der Waals surface area (Å²) >= 11 is 6.36. The normalized spacial score (nSPS) is 14.4. The van der Waals surface area contributed by atoms with Crippen molar-refractivity contribution in [3.05, 3.63) is 58.6 Å². The summed E-state index contributed by atoms with van der Waals surface area (Å²) in [6.07, 6.45) is -4.41. The number of phosphoric acid groups is 1. The number of phosphoric ester groups is 1. The lowest BCUT2D eigenvalue weighted by molar-refractivity contribution is -0.137. The molecular weight excluding hydrogens is 610 g/mol. The molecule has 0 spiro atoms. The van der Waals surface area contributed by atoms with Gasteiger partial charge in [0.1, 0.15) is 5.60 Å². The van der Waals surface area contributed by atoms with E-state index in [0.717, 1.165) is 32.4 Å². The molecule has 0 bridgehead atoms. The summed E-state index contributed by atoms with van der Waals surface area (Å²) in [4.78, 5) is 11.7. The van der Waals surface area contributed by atoms with Gasteiger partial charge in [-0.1, -0.05) is 23.7 Å². The average molecular weight is 644 g/mol. The molecule has 2 aromatic rings. The zero-order valence-corrected chi connectivity index (χ0v) is 26.0. The topological polar surface area (TPSA) is 117 Å². The fourth-order valence-electron chi connectivity index (χ4n) is 3.66. The number of alkyl carbamates (subject to hydrolysis) is 1. The molecule has 1 unspecified atom stereocenters. The predicted octanol–water partition coefficient (Wildman–Crippen LogP) is 7.22. The van der Waals surface area contributed by atoms with Gasteiger partial charge in [0.25, 0.3) is 0 Å². The fourth-order valence-corrected chi connectivity index (χ4v) is 6.14. The number of halogens is 4. The Balaban J connectivity index is 2.20. The molecule has 1 amide bonds. The first-order chi connectivity index (χ1) is 18.7. The minimum Gasteiger partial charge on any atom is -0.444 e. The molecule has 0 aromatic heterocycles. The number of amides is 1. The molecule has 0 aliphatic carbocycles. The van der Waals surface area contributed by atoms with E-state index >= 15 is 0 Å². The number of hydrogen-bond donors (Lipinski definition) is 1. The van der Waals surface area contributed by atoms with Crippen LogP contribution >= 0.6 is 19.4 Å². The lowest BCUT2D eigenvalue weighted by Gasteiger charge is -2.32. The molecule has 15 heteroatoms. The van der Waals surface area contributed by atoms with Crippen LogP contribution in [0.3, 0.4) is 0 Å². The van der Waals surface area contributed by atoms with Gasteiger partial charge in [0.2, 0.25) is 9.84 Å². The van der Waals surface area contributed by atoms with Crippen molar-refractivity contribution < 1.29 is 49.3 Å². The highest BCUT2D eigenvalue weighted by Crippen LogP contribution is 2.48. The molecule has 0 saturated carbocycles. The van der Waals surface area contributed by atoms with Crippen molar-refractivity contribution in [1.29, 1.82) is 0 Å². The van der Waals surface area contributed by atoms with E-state index in [0.29, 0.717) is 24.5 Å². The third-order valence-electron chi connectivity index (χ3n) is 5.77. The van der Waals surface area contributed by atoms with E-state index in [1.165, 1.54) is 18.2 Å². The summed E-state index contributed by atoms with van der Waals surface area (Å²) in [5.41, 5.74) is -2.38. The maximum atomic E-state index is 13.1. The van der Waals surface area contributed by atoms with E-state index in [9.17, 15) is 30.9 Å². The molecule has 0 aliphatic rings. The summed E-state index contributed by atoms with van der Waals surface area (Å²) < 4.78 is 97.9. The van der Waals surface area contributed by atoms with Crippen LogP contribution in [0.5, 0.6) is 0 Å². The van der Waals surface area contributed by atoms with E-state index in [4.69, 9.17) is 29.9 Å². The van der Waals surface area contributed by atoms with Crippen molar-refractivity contribution in [3.8, 4) is 0 Å². The highest BCUT2D eigenvalue weighted by atomic mass is 35.5. The van der Waals surface area contributed by atoms with Crippen LogP contribution in [-0.2, 0) is 45.3 Å². The third-order valence-corrected chi connectivity index (χ3v) is 9.21. The zero-order chi connectivity index (χ0) is 31.3. The Bertz CT molecular complexity index is 1370. The molecule has 9 nitrogen and oxygen atoms in total. The van der Waals surface area contributed by atoms with Crippen LogP contribution in [0.2, 0.25) is 5.02 Å². The van der Waals surface area contributed by atoms with Gasteiger partial charge in [-0.3, -0.25) is 13.6 Å². The quantitative estimate of drug-likeness (QED) is 0.241. The molecule has 0 fully saturated rings. The minimum absolute atomic E-state index is 0.0966. The van der Waals surface area contributed by atoms with E-state index in [-0.39, 0.29) is 22.9 Å². The molecule has 0 radical (unpaired) electrons. The Morgan fingerprint density at radius 1 is 1.00 bits per heavy atom. The fraction of sp³-hybridized carbons (Fsp3) is 0.500. The van der Waals surface area contributed by atoms with Gasteiger partial charge in [-0.2, -0.15) is 13.2 Å². The van der Waals surface area contributed by atoms with Gasteiger partial charge < -0.3 is 10.1 Å².